The average Bonchev–Trinajstić information content (AvgIpc) is 3.15. The largest absolute Gasteiger partial charge is 0.493 e. The summed E-state index contributed by atoms with van der Waals surface area (Å²) < 4.78 is 39.4. The number of methoxy groups -OCH3 is 1. The van der Waals surface area contributed by atoms with Gasteiger partial charge in [0.05, 0.1) is 24.2 Å². The van der Waals surface area contributed by atoms with E-state index in [1.807, 2.05) is 18.2 Å². The number of benzene rings is 2. The third kappa shape index (κ3) is 5.92. The van der Waals surface area contributed by atoms with Gasteiger partial charge in [0.25, 0.3) is 5.91 Å². The highest BCUT2D eigenvalue weighted by molar-refractivity contribution is 7.91. The van der Waals surface area contributed by atoms with Crippen LogP contribution in [0.4, 0.5) is 0 Å². The number of rotatable bonds is 8. The third-order valence-corrected chi connectivity index (χ3v) is 7.34. The molecular weight excluding hydrogens is 458 g/mol. The fourth-order valence-corrected chi connectivity index (χ4v) is 5.25. The Morgan fingerprint density at radius 2 is 1.91 bits per heavy atom. The molecule has 0 aromatic heterocycles. The van der Waals surface area contributed by atoms with Gasteiger partial charge in [-0.15, -0.1) is 0 Å². The van der Waals surface area contributed by atoms with Gasteiger partial charge in [-0.25, -0.2) is 13.2 Å². The maximum absolute atomic E-state index is 12.4. The number of carbonyl (C=O) groups is 2. The van der Waals surface area contributed by atoms with E-state index in [-0.39, 0.29) is 23.7 Å². The molecule has 8 nitrogen and oxygen atoms in total. The summed E-state index contributed by atoms with van der Waals surface area (Å²) >= 11 is 6.14. The summed E-state index contributed by atoms with van der Waals surface area (Å²) in [5.41, 5.74) is 0.989. The molecule has 1 heterocycles. The zero-order valence-electron chi connectivity index (χ0n) is 17.7. The van der Waals surface area contributed by atoms with Crippen molar-refractivity contribution >= 4 is 33.3 Å². The standard InChI is InChI=1S/C22H24ClNO7S/c1-24(17-9-10-32(27,28)14-17)21(25)13-31-22(26)15-7-8-19(20(11-15)29-2)30-12-16-5-3-4-6-18(16)23/h3-8,11,17H,9-10,12-14H2,1-2H3/t17-/m0/s1. The van der Waals surface area contributed by atoms with Crippen LogP contribution in [0.15, 0.2) is 42.5 Å². The Bertz CT molecular complexity index is 1100. The molecule has 32 heavy (non-hydrogen) atoms. The molecule has 0 radical (unpaired) electrons. The Morgan fingerprint density at radius 3 is 2.56 bits per heavy atom. The first-order valence-corrected chi connectivity index (χ1v) is 12.1. The number of nitrogens with zero attached hydrogens (tertiary/aromatic N) is 1. The number of esters is 1. The number of hydrogen-bond acceptors (Lipinski definition) is 7. The predicted molar refractivity (Wildman–Crippen MR) is 119 cm³/mol. The monoisotopic (exact) mass is 481 g/mol. The molecule has 1 fully saturated rings. The summed E-state index contributed by atoms with van der Waals surface area (Å²) in [6.07, 6.45) is 0.380. The van der Waals surface area contributed by atoms with Crippen molar-refractivity contribution in [2.45, 2.75) is 19.1 Å². The van der Waals surface area contributed by atoms with E-state index in [1.165, 1.54) is 31.2 Å². The molecule has 2 aromatic rings. The Morgan fingerprint density at radius 1 is 1.16 bits per heavy atom. The molecule has 0 bridgehead atoms. The second kappa shape index (κ2) is 10.2. The maximum atomic E-state index is 12.4. The molecule has 1 amide bonds. The summed E-state index contributed by atoms with van der Waals surface area (Å²) in [7, 11) is -0.165. The van der Waals surface area contributed by atoms with Crippen LogP contribution in [0.5, 0.6) is 11.5 Å². The number of halogens is 1. The fourth-order valence-electron chi connectivity index (χ4n) is 3.28. The predicted octanol–water partition coefficient (Wildman–Crippen LogP) is 2.73. The zero-order chi connectivity index (χ0) is 23.3. The maximum Gasteiger partial charge on any atom is 0.338 e. The highest BCUT2D eigenvalue weighted by Gasteiger charge is 2.33. The first kappa shape index (κ1) is 23.9. The second-order valence-electron chi connectivity index (χ2n) is 7.38. The Balaban J connectivity index is 1.58. The van der Waals surface area contributed by atoms with E-state index in [0.29, 0.717) is 22.9 Å². The van der Waals surface area contributed by atoms with Crippen molar-refractivity contribution in [1.29, 1.82) is 0 Å². The quantitative estimate of drug-likeness (QED) is 0.534. The molecule has 1 saturated heterocycles. The topological polar surface area (TPSA) is 99.2 Å². The molecule has 0 saturated carbocycles. The number of carbonyl (C=O) groups excluding carboxylic acids is 2. The Labute approximate surface area is 191 Å². The van der Waals surface area contributed by atoms with E-state index >= 15 is 0 Å². The van der Waals surface area contributed by atoms with Crippen LogP contribution < -0.4 is 9.47 Å². The van der Waals surface area contributed by atoms with Gasteiger partial charge in [0.15, 0.2) is 27.9 Å². The van der Waals surface area contributed by atoms with Gasteiger partial charge in [-0.1, -0.05) is 29.8 Å². The van der Waals surface area contributed by atoms with Crippen LogP contribution in [-0.2, 0) is 26.0 Å². The Hall–Kier alpha value is -2.78. The van der Waals surface area contributed by atoms with Crippen molar-refractivity contribution in [3.05, 3.63) is 58.6 Å². The van der Waals surface area contributed by atoms with Crippen LogP contribution in [0.3, 0.4) is 0 Å². The van der Waals surface area contributed by atoms with Crippen molar-refractivity contribution < 1.29 is 32.2 Å². The van der Waals surface area contributed by atoms with Crippen LogP contribution >= 0.6 is 11.6 Å². The fraction of sp³-hybridized carbons (Fsp3) is 0.364. The Kier molecular flexibility index (Phi) is 7.63. The third-order valence-electron chi connectivity index (χ3n) is 5.22. The lowest BCUT2D eigenvalue weighted by molar-refractivity contribution is -0.134. The van der Waals surface area contributed by atoms with Crippen LogP contribution in [-0.4, -0.2) is 63.5 Å². The van der Waals surface area contributed by atoms with Gasteiger partial charge in [-0.3, -0.25) is 4.79 Å². The van der Waals surface area contributed by atoms with Gasteiger partial charge in [0.1, 0.15) is 6.61 Å². The van der Waals surface area contributed by atoms with Crippen LogP contribution in [0, 0.1) is 0 Å². The molecule has 1 atom stereocenters. The SMILES string of the molecule is COc1cc(C(=O)OCC(=O)N(C)[C@H]2CCS(=O)(=O)C2)ccc1OCc1ccccc1Cl. The molecular formula is C22H24ClNO7S. The summed E-state index contributed by atoms with van der Waals surface area (Å²) in [6.45, 7) is -0.267. The van der Waals surface area contributed by atoms with Crippen molar-refractivity contribution in [3.63, 3.8) is 0 Å². The lowest BCUT2D eigenvalue weighted by atomic mass is 10.2. The van der Waals surface area contributed by atoms with E-state index < -0.39 is 34.4 Å². The zero-order valence-corrected chi connectivity index (χ0v) is 19.3. The summed E-state index contributed by atoms with van der Waals surface area (Å²) in [4.78, 5) is 26.0. The summed E-state index contributed by atoms with van der Waals surface area (Å²) in [5.74, 6) is -0.447. The van der Waals surface area contributed by atoms with E-state index in [0.717, 1.165) is 5.56 Å². The van der Waals surface area contributed by atoms with Crippen molar-refractivity contribution in [3.8, 4) is 11.5 Å². The molecule has 3 rings (SSSR count). The number of ether oxygens (including phenoxy) is 3. The molecule has 0 aliphatic carbocycles. The molecule has 172 valence electrons. The minimum Gasteiger partial charge on any atom is -0.493 e. The van der Waals surface area contributed by atoms with E-state index in [9.17, 15) is 18.0 Å². The molecule has 2 aromatic carbocycles. The van der Waals surface area contributed by atoms with Crippen LogP contribution in [0.1, 0.15) is 22.3 Å². The van der Waals surface area contributed by atoms with E-state index in [4.69, 9.17) is 25.8 Å². The summed E-state index contributed by atoms with van der Waals surface area (Å²) in [5, 5.41) is 0.580. The molecule has 0 N–H and O–H groups in total. The van der Waals surface area contributed by atoms with Crippen molar-refractivity contribution in [1.82, 2.24) is 4.90 Å². The first-order valence-electron chi connectivity index (χ1n) is 9.87. The van der Waals surface area contributed by atoms with Gasteiger partial charge >= 0.3 is 5.97 Å². The van der Waals surface area contributed by atoms with Gasteiger partial charge in [0, 0.05) is 23.7 Å². The van der Waals surface area contributed by atoms with Gasteiger partial charge in [-0.2, -0.15) is 0 Å². The second-order valence-corrected chi connectivity index (χ2v) is 10.0. The van der Waals surface area contributed by atoms with Crippen molar-refractivity contribution in [2.75, 3.05) is 32.3 Å². The highest BCUT2D eigenvalue weighted by atomic mass is 35.5. The summed E-state index contributed by atoms with van der Waals surface area (Å²) in [6, 6.07) is 11.4. The molecule has 0 spiro atoms. The molecule has 1 aliphatic heterocycles. The minimum absolute atomic E-state index is 0.0553. The number of sulfone groups is 1. The smallest absolute Gasteiger partial charge is 0.338 e. The average molecular weight is 482 g/mol. The normalized spacial score (nSPS) is 16.9. The van der Waals surface area contributed by atoms with Crippen LogP contribution in [0.2, 0.25) is 5.02 Å². The lowest BCUT2D eigenvalue weighted by Crippen LogP contribution is -2.40. The minimum atomic E-state index is -3.12. The van der Waals surface area contributed by atoms with Gasteiger partial charge < -0.3 is 19.1 Å². The molecule has 10 heteroatoms. The lowest BCUT2D eigenvalue weighted by Gasteiger charge is -2.23. The number of likely N-dealkylation sites (N-methyl/N-ethyl adjacent to an activating group) is 1. The van der Waals surface area contributed by atoms with E-state index in [1.54, 1.807) is 12.1 Å². The molecule has 1 aliphatic rings. The number of hydrogen-bond donors (Lipinski definition) is 0. The highest BCUT2D eigenvalue weighted by Crippen LogP contribution is 2.30. The first-order chi connectivity index (χ1) is 15.2. The number of amides is 1. The van der Waals surface area contributed by atoms with E-state index in [2.05, 4.69) is 0 Å². The molecule has 0 unspecified atom stereocenters. The van der Waals surface area contributed by atoms with Gasteiger partial charge in [0.2, 0.25) is 0 Å². The van der Waals surface area contributed by atoms with Crippen molar-refractivity contribution in [2.24, 2.45) is 0 Å². The van der Waals surface area contributed by atoms with Crippen LogP contribution in [0.25, 0.3) is 0 Å². The van der Waals surface area contributed by atoms with Gasteiger partial charge in [-0.05, 0) is 30.7 Å².